The van der Waals surface area contributed by atoms with Gasteiger partial charge in [0.15, 0.2) is 11.5 Å². The van der Waals surface area contributed by atoms with Crippen molar-refractivity contribution in [1.82, 2.24) is 20.0 Å². The monoisotopic (exact) mass is 348 g/mol. The van der Waals surface area contributed by atoms with Crippen LogP contribution in [0.3, 0.4) is 0 Å². The zero-order valence-electron chi connectivity index (χ0n) is 14.5. The number of aromatic nitrogens is 4. The average molecular weight is 348 g/mol. The first kappa shape index (κ1) is 18.3. The van der Waals surface area contributed by atoms with Crippen LogP contribution in [0.2, 0.25) is 0 Å². The quantitative estimate of drug-likeness (QED) is 0.628. The molecular weight excluding hydrogens is 328 g/mol. The Kier molecular flexibility index (Phi) is 5.63. The molecule has 0 aliphatic heterocycles. The van der Waals surface area contributed by atoms with Crippen molar-refractivity contribution in [1.29, 1.82) is 0 Å². The molecule has 0 aromatic carbocycles. The second-order valence-electron chi connectivity index (χ2n) is 5.60. The van der Waals surface area contributed by atoms with Crippen molar-refractivity contribution in [2.45, 2.75) is 39.7 Å². The molecule has 10 heteroatoms. The van der Waals surface area contributed by atoms with Gasteiger partial charge in [0.1, 0.15) is 11.8 Å². The number of carbonyl (C=O) groups excluding carboxylic acids is 1. The van der Waals surface area contributed by atoms with E-state index in [1.807, 2.05) is 13.8 Å². The summed E-state index contributed by atoms with van der Waals surface area (Å²) in [6, 6.07) is 2.81. The number of rotatable bonds is 6. The molecule has 0 fully saturated rings. The van der Waals surface area contributed by atoms with Gasteiger partial charge in [0.05, 0.1) is 10.6 Å². The van der Waals surface area contributed by atoms with E-state index < -0.39 is 11.0 Å². The zero-order chi connectivity index (χ0) is 18.6. The maximum atomic E-state index is 12.0. The van der Waals surface area contributed by atoms with Gasteiger partial charge in [-0.3, -0.25) is 15.4 Å². The summed E-state index contributed by atoms with van der Waals surface area (Å²) < 4.78 is 6.63. The SMILES string of the molecule is CCCC(C)OC(=O)Nc1c(-c2ccc([N+](=O)[O-])c(C)n2)nnn1C. The summed E-state index contributed by atoms with van der Waals surface area (Å²) in [5.41, 5.74) is 0.835. The van der Waals surface area contributed by atoms with Crippen LogP contribution in [0.1, 0.15) is 32.4 Å². The van der Waals surface area contributed by atoms with E-state index in [1.165, 1.54) is 23.7 Å². The van der Waals surface area contributed by atoms with E-state index in [0.29, 0.717) is 17.2 Å². The van der Waals surface area contributed by atoms with Gasteiger partial charge in [-0.05, 0) is 26.3 Å². The summed E-state index contributed by atoms with van der Waals surface area (Å²) in [7, 11) is 1.61. The van der Waals surface area contributed by atoms with Gasteiger partial charge in [0.2, 0.25) is 0 Å². The van der Waals surface area contributed by atoms with Gasteiger partial charge in [-0.2, -0.15) is 0 Å². The standard InChI is InChI=1S/C15H20N6O4/c1-5-6-9(2)25-15(22)17-14-13(18-19-20(14)4)11-7-8-12(21(23)24)10(3)16-11/h7-9H,5-6H2,1-4H3,(H,17,22). The van der Waals surface area contributed by atoms with Crippen molar-refractivity contribution < 1.29 is 14.5 Å². The normalized spacial score (nSPS) is 11.8. The van der Waals surface area contributed by atoms with Crippen LogP contribution in [0.25, 0.3) is 11.4 Å². The molecule has 0 aliphatic carbocycles. The maximum Gasteiger partial charge on any atom is 0.413 e. The highest BCUT2D eigenvalue weighted by molar-refractivity contribution is 5.88. The molecule has 1 amide bonds. The Morgan fingerprint density at radius 2 is 2.20 bits per heavy atom. The fraction of sp³-hybridized carbons (Fsp3) is 0.467. The third-order valence-electron chi connectivity index (χ3n) is 3.55. The number of hydrogen-bond donors (Lipinski definition) is 1. The number of nitrogens with zero attached hydrogens (tertiary/aromatic N) is 5. The van der Waals surface area contributed by atoms with Crippen LogP contribution in [0.15, 0.2) is 12.1 Å². The van der Waals surface area contributed by atoms with E-state index in [4.69, 9.17) is 4.74 Å². The minimum absolute atomic E-state index is 0.0880. The molecular formula is C15H20N6O4. The van der Waals surface area contributed by atoms with Crippen LogP contribution in [-0.4, -0.2) is 37.1 Å². The van der Waals surface area contributed by atoms with Gasteiger partial charge in [0.25, 0.3) is 5.69 Å². The van der Waals surface area contributed by atoms with Crippen molar-refractivity contribution >= 4 is 17.6 Å². The van der Waals surface area contributed by atoms with E-state index >= 15 is 0 Å². The molecule has 0 bridgehead atoms. The number of nitrogens with one attached hydrogen (secondary N) is 1. The average Bonchev–Trinajstić information content (AvgIpc) is 2.88. The Morgan fingerprint density at radius 1 is 1.48 bits per heavy atom. The number of carbonyl (C=O) groups is 1. The van der Waals surface area contributed by atoms with Crippen LogP contribution in [0.4, 0.5) is 16.3 Å². The molecule has 10 nitrogen and oxygen atoms in total. The minimum Gasteiger partial charge on any atom is -0.446 e. The molecule has 1 N–H and O–H groups in total. The van der Waals surface area contributed by atoms with E-state index in [1.54, 1.807) is 7.05 Å². The summed E-state index contributed by atoms with van der Waals surface area (Å²) in [6.07, 6.45) is 0.826. The number of anilines is 1. The number of hydrogen-bond acceptors (Lipinski definition) is 7. The summed E-state index contributed by atoms with van der Waals surface area (Å²) in [5.74, 6) is 0.300. The van der Waals surface area contributed by atoms with Crippen molar-refractivity contribution in [2.24, 2.45) is 7.05 Å². The molecule has 2 heterocycles. The predicted octanol–water partition coefficient (Wildman–Crippen LogP) is 2.83. The van der Waals surface area contributed by atoms with E-state index in [2.05, 4.69) is 20.6 Å². The summed E-state index contributed by atoms with van der Waals surface area (Å²) in [6.45, 7) is 5.35. The fourth-order valence-electron chi connectivity index (χ4n) is 2.32. The summed E-state index contributed by atoms with van der Waals surface area (Å²) in [4.78, 5) is 26.6. The van der Waals surface area contributed by atoms with Crippen LogP contribution in [0, 0.1) is 17.0 Å². The molecule has 0 saturated heterocycles. The molecule has 0 radical (unpaired) electrons. The summed E-state index contributed by atoms with van der Waals surface area (Å²) >= 11 is 0. The largest absolute Gasteiger partial charge is 0.446 e. The minimum atomic E-state index is -0.619. The molecule has 2 rings (SSSR count). The third-order valence-corrected chi connectivity index (χ3v) is 3.55. The zero-order valence-corrected chi connectivity index (χ0v) is 14.5. The first-order chi connectivity index (χ1) is 11.8. The molecule has 0 spiro atoms. The second kappa shape index (κ2) is 7.69. The first-order valence-electron chi connectivity index (χ1n) is 7.83. The Hall–Kier alpha value is -3.04. The van der Waals surface area contributed by atoms with Crippen LogP contribution < -0.4 is 5.32 Å². The number of aryl methyl sites for hydroxylation is 2. The maximum absolute atomic E-state index is 12.0. The first-order valence-corrected chi connectivity index (χ1v) is 7.83. The lowest BCUT2D eigenvalue weighted by atomic mass is 10.2. The van der Waals surface area contributed by atoms with E-state index in [9.17, 15) is 14.9 Å². The lowest BCUT2D eigenvalue weighted by Crippen LogP contribution is -2.21. The van der Waals surface area contributed by atoms with Gasteiger partial charge in [-0.25, -0.2) is 14.5 Å². The molecule has 2 aromatic heterocycles. The Balaban J connectivity index is 2.26. The van der Waals surface area contributed by atoms with Gasteiger partial charge < -0.3 is 4.74 Å². The highest BCUT2D eigenvalue weighted by Gasteiger charge is 2.20. The van der Waals surface area contributed by atoms with Gasteiger partial charge in [-0.15, -0.1) is 5.10 Å². The molecule has 2 aromatic rings. The molecule has 1 atom stereocenters. The van der Waals surface area contributed by atoms with Crippen LogP contribution in [-0.2, 0) is 11.8 Å². The Morgan fingerprint density at radius 3 is 2.80 bits per heavy atom. The van der Waals surface area contributed by atoms with Gasteiger partial charge in [0, 0.05) is 13.1 Å². The van der Waals surface area contributed by atoms with Crippen molar-refractivity contribution in [3.8, 4) is 11.4 Å². The second-order valence-corrected chi connectivity index (χ2v) is 5.60. The Bertz CT molecular complexity index is 788. The van der Waals surface area contributed by atoms with Gasteiger partial charge >= 0.3 is 6.09 Å². The predicted molar refractivity (Wildman–Crippen MR) is 90.1 cm³/mol. The number of ether oxygens (including phenoxy) is 1. The van der Waals surface area contributed by atoms with Gasteiger partial charge in [-0.1, -0.05) is 18.6 Å². The fourth-order valence-corrected chi connectivity index (χ4v) is 2.32. The highest BCUT2D eigenvalue weighted by Crippen LogP contribution is 2.26. The highest BCUT2D eigenvalue weighted by atomic mass is 16.6. The lowest BCUT2D eigenvalue weighted by Gasteiger charge is -2.13. The van der Waals surface area contributed by atoms with Crippen molar-refractivity contribution in [3.05, 3.63) is 27.9 Å². The smallest absolute Gasteiger partial charge is 0.413 e. The molecule has 25 heavy (non-hydrogen) atoms. The van der Waals surface area contributed by atoms with Crippen LogP contribution in [0.5, 0.6) is 0 Å². The topological polar surface area (TPSA) is 125 Å². The van der Waals surface area contributed by atoms with Crippen molar-refractivity contribution in [3.63, 3.8) is 0 Å². The number of nitro groups is 1. The summed E-state index contributed by atoms with van der Waals surface area (Å²) in [5, 5.41) is 21.4. The molecule has 1 unspecified atom stereocenters. The van der Waals surface area contributed by atoms with Crippen LogP contribution >= 0.6 is 0 Å². The number of amides is 1. The number of pyridine rings is 1. The van der Waals surface area contributed by atoms with E-state index in [0.717, 1.165) is 12.8 Å². The van der Waals surface area contributed by atoms with E-state index in [-0.39, 0.29) is 17.5 Å². The lowest BCUT2D eigenvalue weighted by molar-refractivity contribution is -0.385. The van der Waals surface area contributed by atoms with Crippen molar-refractivity contribution in [2.75, 3.05) is 5.32 Å². The molecule has 0 saturated carbocycles. The molecule has 0 aliphatic rings. The third kappa shape index (κ3) is 4.28. The Labute approximate surface area is 144 Å². The molecule has 134 valence electrons.